The van der Waals surface area contributed by atoms with E-state index >= 15 is 0 Å². The molecule has 0 aliphatic heterocycles. The summed E-state index contributed by atoms with van der Waals surface area (Å²) in [5.41, 5.74) is 0.462. The number of anilines is 1. The van der Waals surface area contributed by atoms with Gasteiger partial charge in [-0.05, 0) is 19.1 Å². The Kier molecular flexibility index (Phi) is 7.03. The maximum absolute atomic E-state index is 11.7. The van der Waals surface area contributed by atoms with Gasteiger partial charge in [0.05, 0.1) is 19.9 Å². The lowest BCUT2D eigenvalue weighted by Gasteiger charge is -2.11. The van der Waals surface area contributed by atoms with E-state index in [1.807, 2.05) is 0 Å². The lowest BCUT2D eigenvalue weighted by atomic mass is 10.2. The summed E-state index contributed by atoms with van der Waals surface area (Å²) >= 11 is 0. The van der Waals surface area contributed by atoms with Crippen LogP contribution in [0.15, 0.2) is 18.2 Å². The normalized spacial score (nSPS) is 9.86. The lowest BCUT2D eigenvalue weighted by Crippen LogP contribution is -2.23. The van der Waals surface area contributed by atoms with E-state index in [2.05, 4.69) is 5.32 Å². The molecule has 0 aliphatic rings. The van der Waals surface area contributed by atoms with Gasteiger partial charge in [-0.2, -0.15) is 0 Å². The maximum atomic E-state index is 11.7. The average molecular weight is 297 g/mol. The molecule has 7 nitrogen and oxygen atoms in total. The predicted octanol–water partition coefficient (Wildman–Crippen LogP) is 1.22. The highest BCUT2D eigenvalue weighted by Crippen LogP contribution is 2.28. The van der Waals surface area contributed by atoms with Gasteiger partial charge in [-0.15, -0.1) is 0 Å². The predicted molar refractivity (Wildman–Crippen MR) is 75.6 cm³/mol. The summed E-state index contributed by atoms with van der Waals surface area (Å²) in [5, 5.41) is 2.59. The van der Waals surface area contributed by atoms with Gasteiger partial charge in [-0.3, -0.25) is 4.79 Å². The number of rotatable bonds is 8. The Bertz CT molecular complexity index is 488. The van der Waals surface area contributed by atoms with Crippen molar-refractivity contribution < 1.29 is 28.5 Å². The first kappa shape index (κ1) is 16.8. The number of nitrogens with one attached hydrogen (secondary N) is 1. The molecule has 0 saturated carbocycles. The van der Waals surface area contributed by atoms with E-state index in [1.54, 1.807) is 25.1 Å². The molecular weight excluding hydrogens is 278 g/mol. The summed E-state index contributed by atoms with van der Waals surface area (Å²) in [6, 6.07) is 4.95. The second-order valence-electron chi connectivity index (χ2n) is 3.91. The van der Waals surface area contributed by atoms with Crippen LogP contribution in [0.3, 0.4) is 0 Å². The Morgan fingerprint density at radius 1 is 1.14 bits per heavy atom. The van der Waals surface area contributed by atoms with Crippen LogP contribution in [0.4, 0.5) is 5.69 Å². The van der Waals surface area contributed by atoms with Crippen LogP contribution >= 0.6 is 0 Å². The number of methoxy groups -OCH3 is 2. The van der Waals surface area contributed by atoms with Crippen LogP contribution in [-0.2, 0) is 19.1 Å². The smallest absolute Gasteiger partial charge is 0.332 e. The number of esters is 1. The fourth-order valence-corrected chi connectivity index (χ4v) is 1.46. The van der Waals surface area contributed by atoms with Crippen molar-refractivity contribution in [1.82, 2.24) is 0 Å². The Hall–Kier alpha value is -2.28. The molecule has 0 aromatic heterocycles. The molecule has 1 N–H and O–H groups in total. The molecule has 0 atom stereocenters. The van der Waals surface area contributed by atoms with Gasteiger partial charge in [0.1, 0.15) is 18.1 Å². The van der Waals surface area contributed by atoms with Crippen LogP contribution in [0, 0.1) is 0 Å². The van der Waals surface area contributed by atoms with Crippen molar-refractivity contribution in [2.75, 3.05) is 39.4 Å². The van der Waals surface area contributed by atoms with Crippen molar-refractivity contribution in [1.29, 1.82) is 0 Å². The third-order valence-electron chi connectivity index (χ3n) is 2.47. The van der Waals surface area contributed by atoms with E-state index in [4.69, 9.17) is 18.9 Å². The van der Waals surface area contributed by atoms with Crippen LogP contribution in [0.5, 0.6) is 11.5 Å². The van der Waals surface area contributed by atoms with Crippen molar-refractivity contribution in [3.63, 3.8) is 0 Å². The fourth-order valence-electron chi connectivity index (χ4n) is 1.46. The second-order valence-corrected chi connectivity index (χ2v) is 3.91. The van der Waals surface area contributed by atoms with Crippen molar-refractivity contribution in [2.24, 2.45) is 0 Å². The first-order valence-corrected chi connectivity index (χ1v) is 6.36. The van der Waals surface area contributed by atoms with Crippen molar-refractivity contribution in [3.8, 4) is 11.5 Å². The Morgan fingerprint density at radius 2 is 1.90 bits per heavy atom. The van der Waals surface area contributed by atoms with E-state index < -0.39 is 11.9 Å². The molecule has 0 radical (unpaired) electrons. The molecule has 0 saturated heterocycles. The first-order chi connectivity index (χ1) is 10.1. The van der Waals surface area contributed by atoms with Gasteiger partial charge in [0.15, 0.2) is 6.61 Å². The van der Waals surface area contributed by atoms with E-state index in [-0.39, 0.29) is 13.2 Å². The topological polar surface area (TPSA) is 83.1 Å². The fraction of sp³-hybridized carbons (Fsp3) is 0.429. The highest BCUT2D eigenvalue weighted by atomic mass is 16.6. The van der Waals surface area contributed by atoms with Gasteiger partial charge in [0.2, 0.25) is 0 Å². The molecular formula is C14H19NO6. The van der Waals surface area contributed by atoms with E-state index in [0.717, 1.165) is 0 Å². The molecule has 1 aromatic rings. The molecule has 0 heterocycles. The van der Waals surface area contributed by atoms with Crippen molar-refractivity contribution >= 4 is 17.6 Å². The summed E-state index contributed by atoms with van der Waals surface area (Å²) in [6.07, 6.45) is 0. The summed E-state index contributed by atoms with van der Waals surface area (Å²) in [5.74, 6) is -0.00616. The van der Waals surface area contributed by atoms with Crippen molar-refractivity contribution in [2.45, 2.75) is 6.92 Å². The van der Waals surface area contributed by atoms with Crippen LogP contribution in [0.1, 0.15) is 6.92 Å². The summed E-state index contributed by atoms with van der Waals surface area (Å²) in [4.78, 5) is 22.9. The molecule has 1 amide bonds. The minimum Gasteiger partial charge on any atom is -0.497 e. The molecule has 0 unspecified atom stereocenters. The molecule has 0 spiro atoms. The van der Waals surface area contributed by atoms with E-state index in [1.165, 1.54) is 14.2 Å². The van der Waals surface area contributed by atoms with Gasteiger partial charge in [0, 0.05) is 12.7 Å². The third kappa shape index (κ3) is 5.70. The summed E-state index contributed by atoms with van der Waals surface area (Å²) < 4.78 is 19.8. The molecule has 1 aromatic carbocycles. The quantitative estimate of drug-likeness (QED) is 0.726. The molecule has 7 heteroatoms. The zero-order chi connectivity index (χ0) is 15.7. The zero-order valence-corrected chi connectivity index (χ0v) is 12.3. The monoisotopic (exact) mass is 297 g/mol. The highest BCUT2D eigenvalue weighted by molar-refractivity contribution is 5.94. The minimum atomic E-state index is -0.589. The molecule has 0 bridgehead atoms. The maximum Gasteiger partial charge on any atom is 0.332 e. The Balaban J connectivity index is 2.53. The van der Waals surface area contributed by atoms with Gasteiger partial charge < -0.3 is 24.3 Å². The minimum absolute atomic E-state index is 0.171. The number of benzene rings is 1. The molecule has 116 valence electrons. The van der Waals surface area contributed by atoms with Crippen LogP contribution in [0.2, 0.25) is 0 Å². The molecule has 21 heavy (non-hydrogen) atoms. The van der Waals surface area contributed by atoms with Crippen LogP contribution in [0.25, 0.3) is 0 Å². The number of amides is 1. The number of ether oxygens (including phenoxy) is 4. The lowest BCUT2D eigenvalue weighted by molar-refractivity contribution is -0.151. The van der Waals surface area contributed by atoms with E-state index in [0.29, 0.717) is 23.8 Å². The first-order valence-electron chi connectivity index (χ1n) is 6.36. The molecule has 1 rings (SSSR count). The molecule has 0 aliphatic carbocycles. The second kappa shape index (κ2) is 8.80. The standard InChI is InChI=1S/C14H19NO6/c1-4-20-9-14(17)21-8-13(16)15-11-6-5-10(18-2)7-12(11)19-3/h5-7H,4,8-9H2,1-3H3,(H,15,16). The SMILES string of the molecule is CCOCC(=O)OCC(=O)Nc1ccc(OC)cc1OC. The summed E-state index contributed by atoms with van der Waals surface area (Å²) in [6.45, 7) is 1.61. The number of carbonyl (C=O) groups excluding carboxylic acids is 2. The van der Waals surface area contributed by atoms with Gasteiger partial charge in [-0.25, -0.2) is 4.79 Å². The van der Waals surface area contributed by atoms with E-state index in [9.17, 15) is 9.59 Å². The number of carbonyl (C=O) groups is 2. The zero-order valence-electron chi connectivity index (χ0n) is 12.3. The Labute approximate surface area is 123 Å². The average Bonchev–Trinajstić information content (AvgIpc) is 2.51. The molecule has 0 fully saturated rings. The van der Waals surface area contributed by atoms with Gasteiger partial charge in [0.25, 0.3) is 5.91 Å². The third-order valence-corrected chi connectivity index (χ3v) is 2.47. The Morgan fingerprint density at radius 3 is 2.52 bits per heavy atom. The van der Waals surface area contributed by atoms with Gasteiger partial charge >= 0.3 is 5.97 Å². The summed E-state index contributed by atoms with van der Waals surface area (Å²) in [7, 11) is 3.01. The van der Waals surface area contributed by atoms with Gasteiger partial charge in [-0.1, -0.05) is 0 Å². The highest BCUT2D eigenvalue weighted by Gasteiger charge is 2.11. The number of hydrogen-bond donors (Lipinski definition) is 1. The largest absolute Gasteiger partial charge is 0.497 e. The van der Waals surface area contributed by atoms with Crippen LogP contribution in [-0.4, -0.2) is 45.9 Å². The number of hydrogen-bond acceptors (Lipinski definition) is 6. The van der Waals surface area contributed by atoms with Crippen molar-refractivity contribution in [3.05, 3.63) is 18.2 Å². The van der Waals surface area contributed by atoms with Crippen LogP contribution < -0.4 is 14.8 Å².